The Labute approximate surface area is 115 Å². The summed E-state index contributed by atoms with van der Waals surface area (Å²) in [5.74, 6) is 0. The average Bonchev–Trinajstić information content (AvgIpc) is 0.722. The Bertz CT molecular complexity index is 97.7. The van der Waals surface area contributed by atoms with Crippen LogP contribution in [0.5, 0.6) is 0 Å². The van der Waals surface area contributed by atoms with E-state index >= 15 is 0 Å². The first kappa shape index (κ1) is 22.4. The number of nitrogens with two attached hydrogens (primary N) is 1. The second kappa shape index (κ2) is 9.87. The fraction of sp³-hybridized carbons (Fsp3) is 0. The molecule has 38 valence electrons. The molecule has 0 aromatic rings. The Morgan fingerprint density at radius 2 is 1.12 bits per heavy atom. The third-order valence-corrected chi connectivity index (χ3v) is 0. The molecule has 0 unspecified atom stereocenters. The van der Waals surface area contributed by atoms with Crippen LogP contribution < -0.4 is 5.14 Å². The zero-order chi connectivity index (χ0) is 4.50. The average molecular weight is 169 g/mol. The molecule has 0 aliphatic rings. The summed E-state index contributed by atoms with van der Waals surface area (Å²) < 4.78 is 25.2. The third kappa shape index (κ3) is 66.7. The van der Waals surface area contributed by atoms with E-state index in [1.54, 1.807) is 0 Å². The van der Waals surface area contributed by atoms with Crippen LogP contribution in [0.15, 0.2) is 0 Å². The van der Waals surface area contributed by atoms with Gasteiger partial charge in [0.2, 0.25) is 0 Å². The van der Waals surface area contributed by atoms with Gasteiger partial charge in [-0.15, -0.1) is 0 Å². The van der Waals surface area contributed by atoms with Crippen LogP contribution in [0.1, 0.15) is 0 Å². The van der Waals surface area contributed by atoms with Gasteiger partial charge in [-0.3, -0.25) is 4.55 Å². The Kier molecular flexibility index (Phi) is 27.7. The molecule has 0 aliphatic heterocycles. The molecule has 0 bridgehead atoms. The zero-order valence-electron chi connectivity index (χ0n) is 2.25. The van der Waals surface area contributed by atoms with Gasteiger partial charge in [0.25, 0.3) is 0 Å². The van der Waals surface area contributed by atoms with Crippen molar-refractivity contribution in [1.29, 1.82) is 0 Å². The van der Waals surface area contributed by atoms with Gasteiger partial charge >= 0.3 is 99.0 Å². The summed E-state index contributed by atoms with van der Waals surface area (Å²) in [4.78, 5) is 0. The predicted molar refractivity (Wildman–Crippen MR) is 37.2 cm³/mol. The van der Waals surface area contributed by atoms with Gasteiger partial charge in [-0.05, 0) is 0 Å². The molecule has 0 radical (unpaired) electrons. The van der Waals surface area contributed by atoms with E-state index in [1.807, 2.05) is 0 Å². The van der Waals surface area contributed by atoms with Gasteiger partial charge in [0.1, 0.15) is 0 Å². The van der Waals surface area contributed by atoms with Crippen molar-refractivity contribution in [3.05, 3.63) is 0 Å². The molecule has 0 saturated heterocycles. The van der Waals surface area contributed by atoms with Gasteiger partial charge < -0.3 is 0 Å². The van der Waals surface area contributed by atoms with Gasteiger partial charge in [0.05, 0.1) is 0 Å². The zero-order valence-corrected chi connectivity index (χ0v) is 3.07. The van der Waals surface area contributed by atoms with Crippen molar-refractivity contribution in [1.82, 2.24) is 0 Å². The van der Waals surface area contributed by atoms with E-state index in [0.29, 0.717) is 0 Å². The Morgan fingerprint density at radius 1 is 1.12 bits per heavy atom. The minimum atomic E-state index is -4.17. The van der Waals surface area contributed by atoms with Gasteiger partial charge in [-0.25, -0.2) is 5.14 Å². The summed E-state index contributed by atoms with van der Waals surface area (Å²) in [7, 11) is -4.17. The van der Waals surface area contributed by atoms with Crippen molar-refractivity contribution in [2.45, 2.75) is 0 Å². The van der Waals surface area contributed by atoms with E-state index in [4.69, 9.17) is 13.0 Å². The third-order valence-electron chi connectivity index (χ3n) is 0. The van der Waals surface area contributed by atoms with Crippen LogP contribution in [0.25, 0.3) is 0 Å². The summed E-state index contributed by atoms with van der Waals surface area (Å²) in [5, 5.41) is 3.88. The molecule has 0 aliphatic carbocycles. The molecule has 0 spiro atoms. The first-order chi connectivity index (χ1) is 2.00. The van der Waals surface area contributed by atoms with E-state index in [0.717, 1.165) is 0 Å². The molecular formula is H6NNa3O3S. The van der Waals surface area contributed by atoms with Crippen molar-refractivity contribution < 1.29 is 13.0 Å². The normalized spacial score (nSPS) is 7.25. The first-order valence-electron chi connectivity index (χ1n) is 0.752. The number of hydrogen-bond donors (Lipinski definition) is 2. The summed E-state index contributed by atoms with van der Waals surface area (Å²) in [5.41, 5.74) is 0. The second-order valence-corrected chi connectivity index (χ2v) is 1.54. The molecule has 0 heterocycles. The van der Waals surface area contributed by atoms with Crippen LogP contribution >= 0.6 is 0 Å². The van der Waals surface area contributed by atoms with Crippen molar-refractivity contribution in [2.75, 3.05) is 0 Å². The van der Waals surface area contributed by atoms with E-state index in [-0.39, 0.29) is 88.7 Å². The second-order valence-electron chi connectivity index (χ2n) is 0.515. The maximum atomic E-state index is 8.97. The van der Waals surface area contributed by atoms with Gasteiger partial charge in [-0.2, -0.15) is 8.42 Å². The Balaban J connectivity index is -0.0000000267. The van der Waals surface area contributed by atoms with E-state index in [2.05, 4.69) is 5.14 Å². The van der Waals surface area contributed by atoms with Crippen LogP contribution in [-0.2, 0) is 10.3 Å². The minimum absolute atomic E-state index is 0. The summed E-state index contributed by atoms with van der Waals surface area (Å²) >= 11 is 0. The molecule has 0 atom stereocenters. The topological polar surface area (TPSA) is 80.4 Å². The SMILES string of the molecule is NS(=O)(=O)O.[NaH].[NaH].[NaH]. The number of hydrogen-bond acceptors (Lipinski definition) is 2. The van der Waals surface area contributed by atoms with E-state index < -0.39 is 10.3 Å². The van der Waals surface area contributed by atoms with Crippen molar-refractivity contribution in [3.8, 4) is 0 Å². The quantitative estimate of drug-likeness (QED) is 0.296. The molecule has 8 heteroatoms. The van der Waals surface area contributed by atoms with Crippen LogP contribution in [0.4, 0.5) is 0 Å². The molecule has 0 aromatic carbocycles. The molecule has 4 nitrogen and oxygen atoms in total. The molecule has 0 amide bonds. The fourth-order valence-electron chi connectivity index (χ4n) is 0. The molecule has 0 saturated carbocycles. The molecule has 3 N–H and O–H groups in total. The van der Waals surface area contributed by atoms with Gasteiger partial charge in [0.15, 0.2) is 0 Å². The van der Waals surface area contributed by atoms with E-state index in [9.17, 15) is 0 Å². The van der Waals surface area contributed by atoms with Crippen molar-refractivity contribution >= 4 is 99.0 Å². The number of rotatable bonds is 0. The Morgan fingerprint density at radius 3 is 1.12 bits per heavy atom. The first-order valence-corrected chi connectivity index (χ1v) is 2.25. The van der Waals surface area contributed by atoms with E-state index in [1.165, 1.54) is 0 Å². The maximum absolute atomic E-state index is 8.97. The van der Waals surface area contributed by atoms with Crippen LogP contribution in [0.3, 0.4) is 0 Å². The standard InChI is InChI=1S/H3NO3S.3Na.3H/c1-5(2,3)4;;;;;;/h(H3,1,2,3,4);;;;;;. The molecule has 0 rings (SSSR count). The molecule has 0 aromatic heterocycles. The van der Waals surface area contributed by atoms with Crippen molar-refractivity contribution in [3.63, 3.8) is 0 Å². The van der Waals surface area contributed by atoms with Crippen LogP contribution in [-0.4, -0.2) is 102 Å². The summed E-state index contributed by atoms with van der Waals surface area (Å²) in [6, 6.07) is 0. The Hall–Kier alpha value is 2.87. The summed E-state index contributed by atoms with van der Waals surface area (Å²) in [6.45, 7) is 0. The van der Waals surface area contributed by atoms with Gasteiger partial charge in [-0.1, -0.05) is 0 Å². The molecular weight excluding hydrogens is 163 g/mol. The van der Waals surface area contributed by atoms with Crippen LogP contribution in [0, 0.1) is 0 Å². The molecule has 0 fully saturated rings. The predicted octanol–water partition coefficient (Wildman–Crippen LogP) is -3.20. The molecule has 8 heavy (non-hydrogen) atoms. The fourth-order valence-corrected chi connectivity index (χ4v) is 0. The van der Waals surface area contributed by atoms with Crippen LogP contribution in [0.2, 0.25) is 0 Å². The monoisotopic (exact) mass is 169 g/mol. The van der Waals surface area contributed by atoms with Gasteiger partial charge in [0, 0.05) is 0 Å². The summed E-state index contributed by atoms with van der Waals surface area (Å²) in [6.07, 6.45) is 0. The van der Waals surface area contributed by atoms with Crippen molar-refractivity contribution in [2.24, 2.45) is 5.14 Å².